The molecular formula is C14H9ClFNO3. The number of carboxylic acids is 1. The molecule has 0 aliphatic carbocycles. The van der Waals surface area contributed by atoms with Gasteiger partial charge in [-0.25, -0.2) is 9.18 Å². The van der Waals surface area contributed by atoms with Gasteiger partial charge in [0.1, 0.15) is 0 Å². The van der Waals surface area contributed by atoms with Gasteiger partial charge in [-0.05, 0) is 24.3 Å². The number of carboxylic acid groups (broad SMARTS) is 1. The van der Waals surface area contributed by atoms with Gasteiger partial charge in [0, 0.05) is 0 Å². The quantitative estimate of drug-likeness (QED) is 0.911. The first-order chi connectivity index (χ1) is 9.50. The number of hydrogen-bond donors (Lipinski definition) is 2. The molecule has 2 aromatic carbocycles. The summed E-state index contributed by atoms with van der Waals surface area (Å²) in [6, 6.07) is 9.83. The molecule has 0 aliphatic rings. The van der Waals surface area contributed by atoms with Gasteiger partial charge in [-0.1, -0.05) is 29.8 Å². The van der Waals surface area contributed by atoms with Crippen LogP contribution >= 0.6 is 11.6 Å². The number of aromatic carboxylic acids is 1. The topological polar surface area (TPSA) is 66.4 Å². The van der Waals surface area contributed by atoms with Gasteiger partial charge < -0.3 is 10.4 Å². The van der Waals surface area contributed by atoms with Gasteiger partial charge in [-0.3, -0.25) is 4.79 Å². The Morgan fingerprint density at radius 1 is 1.05 bits per heavy atom. The van der Waals surface area contributed by atoms with Crippen molar-refractivity contribution >= 4 is 29.2 Å². The molecule has 2 rings (SSSR count). The van der Waals surface area contributed by atoms with Crippen molar-refractivity contribution in [3.63, 3.8) is 0 Å². The van der Waals surface area contributed by atoms with Gasteiger partial charge in [-0.15, -0.1) is 0 Å². The van der Waals surface area contributed by atoms with E-state index in [1.165, 1.54) is 42.5 Å². The van der Waals surface area contributed by atoms with Crippen LogP contribution in [0.1, 0.15) is 20.7 Å². The fourth-order valence-corrected chi connectivity index (χ4v) is 1.83. The molecule has 2 N–H and O–H groups in total. The maximum atomic E-state index is 13.7. The predicted octanol–water partition coefficient (Wildman–Crippen LogP) is 3.43. The first-order valence-electron chi connectivity index (χ1n) is 5.58. The van der Waals surface area contributed by atoms with Gasteiger partial charge in [0.05, 0.1) is 21.8 Å². The SMILES string of the molecule is O=C(O)c1ccccc1C(=O)Nc1cccc(Cl)c1F. The monoisotopic (exact) mass is 293 g/mol. The van der Waals surface area contributed by atoms with Gasteiger partial charge in [0.25, 0.3) is 5.91 Å². The van der Waals surface area contributed by atoms with Gasteiger partial charge in [-0.2, -0.15) is 0 Å². The lowest BCUT2D eigenvalue weighted by Gasteiger charge is -2.09. The maximum Gasteiger partial charge on any atom is 0.336 e. The zero-order valence-corrected chi connectivity index (χ0v) is 10.8. The van der Waals surface area contributed by atoms with Crippen LogP contribution in [0, 0.1) is 5.82 Å². The normalized spacial score (nSPS) is 10.1. The van der Waals surface area contributed by atoms with Gasteiger partial charge >= 0.3 is 5.97 Å². The number of benzene rings is 2. The minimum atomic E-state index is -1.23. The van der Waals surface area contributed by atoms with Crippen molar-refractivity contribution in [1.82, 2.24) is 0 Å². The minimum Gasteiger partial charge on any atom is -0.478 e. The molecule has 102 valence electrons. The van der Waals surface area contributed by atoms with Crippen molar-refractivity contribution in [1.29, 1.82) is 0 Å². The van der Waals surface area contributed by atoms with Crippen LogP contribution in [0.5, 0.6) is 0 Å². The van der Waals surface area contributed by atoms with Crippen LogP contribution in [-0.4, -0.2) is 17.0 Å². The molecule has 0 spiro atoms. The molecule has 1 amide bonds. The highest BCUT2D eigenvalue weighted by Crippen LogP contribution is 2.23. The number of carbonyl (C=O) groups is 2. The average molecular weight is 294 g/mol. The van der Waals surface area contributed by atoms with E-state index in [1.807, 2.05) is 0 Å². The molecule has 0 saturated carbocycles. The molecule has 0 aromatic heterocycles. The smallest absolute Gasteiger partial charge is 0.336 e. The molecule has 0 atom stereocenters. The molecule has 0 fully saturated rings. The van der Waals surface area contributed by atoms with E-state index in [-0.39, 0.29) is 21.8 Å². The Kier molecular flexibility index (Phi) is 4.00. The molecule has 0 heterocycles. The summed E-state index contributed by atoms with van der Waals surface area (Å²) in [5.74, 6) is -2.72. The van der Waals surface area contributed by atoms with E-state index in [2.05, 4.69) is 5.32 Å². The number of rotatable bonds is 3. The van der Waals surface area contributed by atoms with Crippen molar-refractivity contribution in [2.45, 2.75) is 0 Å². The molecule has 0 unspecified atom stereocenters. The lowest BCUT2D eigenvalue weighted by atomic mass is 10.1. The number of halogens is 2. The third-order valence-electron chi connectivity index (χ3n) is 2.60. The van der Waals surface area contributed by atoms with Crippen molar-refractivity contribution < 1.29 is 19.1 Å². The van der Waals surface area contributed by atoms with E-state index in [9.17, 15) is 14.0 Å². The molecular weight excluding hydrogens is 285 g/mol. The molecule has 0 aliphatic heterocycles. The molecule has 20 heavy (non-hydrogen) atoms. The highest BCUT2D eigenvalue weighted by molar-refractivity contribution is 6.31. The average Bonchev–Trinajstić information content (AvgIpc) is 2.43. The summed E-state index contributed by atoms with van der Waals surface area (Å²) < 4.78 is 13.7. The Morgan fingerprint density at radius 3 is 2.35 bits per heavy atom. The summed E-state index contributed by atoms with van der Waals surface area (Å²) in [7, 11) is 0. The number of carbonyl (C=O) groups excluding carboxylic acids is 1. The van der Waals surface area contributed by atoms with E-state index in [1.54, 1.807) is 0 Å². The molecule has 0 radical (unpaired) electrons. The first-order valence-corrected chi connectivity index (χ1v) is 5.96. The second-order valence-corrected chi connectivity index (χ2v) is 4.31. The Bertz CT molecular complexity index is 688. The van der Waals surface area contributed by atoms with Crippen molar-refractivity contribution in [2.24, 2.45) is 0 Å². The van der Waals surface area contributed by atoms with Crippen LogP contribution in [0.15, 0.2) is 42.5 Å². The van der Waals surface area contributed by atoms with Crippen LogP contribution in [-0.2, 0) is 0 Å². The fourth-order valence-electron chi connectivity index (χ4n) is 1.66. The standard InChI is InChI=1S/C14H9ClFNO3/c15-10-6-3-7-11(12(10)16)17-13(18)8-4-1-2-5-9(8)14(19)20/h1-7H,(H,17,18)(H,19,20). The maximum absolute atomic E-state index is 13.7. The first kappa shape index (κ1) is 14.0. The number of amides is 1. The second-order valence-electron chi connectivity index (χ2n) is 3.91. The zero-order valence-electron chi connectivity index (χ0n) is 10.1. The van der Waals surface area contributed by atoms with E-state index >= 15 is 0 Å². The molecule has 0 saturated heterocycles. The Morgan fingerprint density at radius 2 is 1.70 bits per heavy atom. The van der Waals surface area contributed by atoms with Gasteiger partial charge in [0.2, 0.25) is 0 Å². The Hall–Kier alpha value is -2.40. The van der Waals surface area contributed by atoms with Crippen LogP contribution in [0.4, 0.5) is 10.1 Å². The van der Waals surface area contributed by atoms with Crippen molar-refractivity contribution in [2.75, 3.05) is 5.32 Å². The third kappa shape index (κ3) is 2.78. The fraction of sp³-hybridized carbons (Fsp3) is 0. The minimum absolute atomic E-state index is 0.0561. The van der Waals surface area contributed by atoms with Crippen LogP contribution in [0.2, 0.25) is 5.02 Å². The number of nitrogens with one attached hydrogen (secondary N) is 1. The van der Waals surface area contributed by atoms with E-state index in [0.29, 0.717) is 0 Å². The van der Waals surface area contributed by atoms with E-state index in [4.69, 9.17) is 16.7 Å². The predicted molar refractivity (Wildman–Crippen MR) is 72.8 cm³/mol. The summed E-state index contributed by atoms with van der Waals surface area (Å²) >= 11 is 5.60. The van der Waals surface area contributed by atoms with Gasteiger partial charge in [0.15, 0.2) is 5.82 Å². The third-order valence-corrected chi connectivity index (χ3v) is 2.89. The van der Waals surface area contributed by atoms with E-state index < -0.39 is 17.7 Å². The van der Waals surface area contributed by atoms with Crippen LogP contribution in [0.3, 0.4) is 0 Å². The highest BCUT2D eigenvalue weighted by atomic mass is 35.5. The summed E-state index contributed by atoms with van der Waals surface area (Å²) in [4.78, 5) is 23.0. The van der Waals surface area contributed by atoms with Crippen LogP contribution in [0.25, 0.3) is 0 Å². The lowest BCUT2D eigenvalue weighted by molar-refractivity contribution is 0.0692. The highest BCUT2D eigenvalue weighted by Gasteiger charge is 2.17. The summed E-state index contributed by atoms with van der Waals surface area (Å²) in [5.41, 5.74) is -0.325. The number of hydrogen-bond acceptors (Lipinski definition) is 2. The summed E-state index contributed by atoms with van der Waals surface area (Å²) in [6.45, 7) is 0. The van der Waals surface area contributed by atoms with E-state index in [0.717, 1.165) is 0 Å². The zero-order chi connectivity index (χ0) is 14.7. The van der Waals surface area contributed by atoms with Crippen molar-refractivity contribution in [3.05, 3.63) is 64.4 Å². The van der Waals surface area contributed by atoms with Crippen LogP contribution < -0.4 is 5.32 Å². The van der Waals surface area contributed by atoms with Crippen molar-refractivity contribution in [3.8, 4) is 0 Å². The molecule has 4 nitrogen and oxygen atoms in total. The lowest BCUT2D eigenvalue weighted by Crippen LogP contribution is -2.17. The summed E-state index contributed by atoms with van der Waals surface area (Å²) in [6.07, 6.45) is 0. The molecule has 6 heteroatoms. The molecule has 0 bridgehead atoms. The largest absolute Gasteiger partial charge is 0.478 e. The number of anilines is 1. The molecule has 2 aromatic rings. The summed E-state index contributed by atoms with van der Waals surface area (Å²) in [5, 5.41) is 11.2. The Labute approximate surface area is 118 Å². The Balaban J connectivity index is 2.34. The second kappa shape index (κ2) is 5.71.